The van der Waals surface area contributed by atoms with Gasteiger partial charge in [-0.1, -0.05) is 41.4 Å². The number of anilines is 1. The summed E-state index contributed by atoms with van der Waals surface area (Å²) in [7, 11) is 1.53. The summed E-state index contributed by atoms with van der Waals surface area (Å²) in [5.41, 5.74) is 9.25. The molecule has 4 aromatic rings. The summed E-state index contributed by atoms with van der Waals surface area (Å²) in [6.45, 7) is 2.29. The summed E-state index contributed by atoms with van der Waals surface area (Å²) in [4.78, 5) is 30.3. The van der Waals surface area contributed by atoms with E-state index in [0.29, 0.717) is 23.2 Å². The summed E-state index contributed by atoms with van der Waals surface area (Å²) >= 11 is 0. The number of amides is 1. The molecule has 7 nitrogen and oxygen atoms in total. The van der Waals surface area contributed by atoms with E-state index in [1.807, 2.05) is 43.3 Å². The highest BCUT2D eigenvalue weighted by Gasteiger charge is 2.24. The van der Waals surface area contributed by atoms with E-state index in [-0.39, 0.29) is 22.8 Å². The van der Waals surface area contributed by atoms with Crippen LogP contribution in [0, 0.1) is 6.92 Å². The highest BCUT2D eigenvalue weighted by atomic mass is 16.1. The van der Waals surface area contributed by atoms with Crippen molar-refractivity contribution in [3.63, 3.8) is 0 Å². The Kier molecular flexibility index (Phi) is 4.27. The van der Waals surface area contributed by atoms with E-state index in [2.05, 4.69) is 5.32 Å². The molecular formula is C21H20N5O2+. The SMILES string of the molecule is CNC(=O)c1cc2c(=O)n3cccc(C)c3nc2[n+](Cc2ccccc2)c1N. The highest BCUT2D eigenvalue weighted by molar-refractivity contribution is 6.00. The van der Waals surface area contributed by atoms with Gasteiger partial charge < -0.3 is 11.1 Å². The third kappa shape index (κ3) is 2.77. The Balaban J connectivity index is 2.12. The Morgan fingerprint density at radius 3 is 2.68 bits per heavy atom. The van der Waals surface area contributed by atoms with Crippen LogP contribution in [0.3, 0.4) is 0 Å². The summed E-state index contributed by atoms with van der Waals surface area (Å²) < 4.78 is 3.22. The molecule has 140 valence electrons. The second-order valence-corrected chi connectivity index (χ2v) is 6.63. The summed E-state index contributed by atoms with van der Waals surface area (Å²) in [6.07, 6.45) is 1.68. The number of aromatic nitrogens is 3. The average Bonchev–Trinajstić information content (AvgIpc) is 2.71. The maximum absolute atomic E-state index is 13.2. The molecule has 0 aliphatic rings. The number of nitrogens with two attached hydrogens (primary N) is 1. The zero-order chi connectivity index (χ0) is 19.8. The van der Waals surface area contributed by atoms with Crippen LogP contribution in [0.5, 0.6) is 0 Å². The molecule has 0 aliphatic carbocycles. The van der Waals surface area contributed by atoms with Crippen LogP contribution in [0.4, 0.5) is 5.82 Å². The predicted octanol–water partition coefficient (Wildman–Crippen LogP) is 1.43. The molecule has 0 bridgehead atoms. The molecule has 0 fully saturated rings. The first-order valence-corrected chi connectivity index (χ1v) is 8.91. The molecule has 28 heavy (non-hydrogen) atoms. The molecular weight excluding hydrogens is 354 g/mol. The molecule has 3 aromatic heterocycles. The average molecular weight is 374 g/mol. The van der Waals surface area contributed by atoms with Crippen molar-refractivity contribution >= 4 is 28.4 Å². The van der Waals surface area contributed by atoms with E-state index < -0.39 is 0 Å². The van der Waals surface area contributed by atoms with Crippen molar-refractivity contribution in [1.29, 1.82) is 0 Å². The minimum absolute atomic E-state index is 0.240. The van der Waals surface area contributed by atoms with E-state index in [9.17, 15) is 9.59 Å². The van der Waals surface area contributed by atoms with Crippen molar-refractivity contribution in [2.75, 3.05) is 12.8 Å². The van der Waals surface area contributed by atoms with Crippen LogP contribution in [-0.2, 0) is 6.54 Å². The number of nitrogen functional groups attached to an aromatic ring is 1. The van der Waals surface area contributed by atoms with E-state index in [1.54, 1.807) is 16.8 Å². The van der Waals surface area contributed by atoms with Gasteiger partial charge in [0.15, 0.2) is 0 Å². The van der Waals surface area contributed by atoms with Gasteiger partial charge in [-0.2, -0.15) is 0 Å². The topological polar surface area (TPSA) is 93.4 Å². The number of carbonyl (C=O) groups excluding carboxylic acids is 1. The number of fused-ring (bicyclic) bond motifs is 2. The fourth-order valence-electron chi connectivity index (χ4n) is 3.35. The first-order chi connectivity index (χ1) is 13.5. The molecule has 0 radical (unpaired) electrons. The van der Waals surface area contributed by atoms with Crippen LogP contribution < -0.4 is 21.2 Å². The number of hydrogen-bond acceptors (Lipinski definition) is 4. The lowest BCUT2D eigenvalue weighted by molar-refractivity contribution is -0.649. The fraction of sp³-hybridized carbons (Fsp3) is 0.143. The van der Waals surface area contributed by atoms with E-state index in [4.69, 9.17) is 10.7 Å². The monoisotopic (exact) mass is 374 g/mol. The lowest BCUT2D eigenvalue weighted by Gasteiger charge is -2.12. The van der Waals surface area contributed by atoms with Crippen molar-refractivity contribution < 1.29 is 9.36 Å². The van der Waals surface area contributed by atoms with Gasteiger partial charge in [0.1, 0.15) is 10.9 Å². The predicted molar refractivity (Wildman–Crippen MR) is 107 cm³/mol. The zero-order valence-electron chi connectivity index (χ0n) is 15.6. The molecule has 0 saturated heterocycles. The Labute approximate surface area is 161 Å². The Morgan fingerprint density at radius 2 is 1.96 bits per heavy atom. The van der Waals surface area contributed by atoms with Crippen LogP contribution in [0.25, 0.3) is 16.7 Å². The molecule has 0 spiro atoms. The van der Waals surface area contributed by atoms with Crippen molar-refractivity contribution in [1.82, 2.24) is 14.7 Å². The van der Waals surface area contributed by atoms with Gasteiger partial charge in [0.25, 0.3) is 17.1 Å². The minimum Gasteiger partial charge on any atom is -0.355 e. The molecule has 0 unspecified atom stereocenters. The molecule has 0 atom stereocenters. The Bertz CT molecular complexity index is 1280. The van der Waals surface area contributed by atoms with Crippen molar-refractivity contribution in [2.24, 2.45) is 0 Å². The van der Waals surface area contributed by atoms with Gasteiger partial charge in [0.2, 0.25) is 11.5 Å². The van der Waals surface area contributed by atoms with Crippen LogP contribution in [0.15, 0.2) is 59.5 Å². The molecule has 1 aromatic carbocycles. The maximum Gasteiger partial charge on any atom is 0.278 e. The largest absolute Gasteiger partial charge is 0.355 e. The number of rotatable bonds is 3. The van der Waals surface area contributed by atoms with Crippen LogP contribution in [-0.4, -0.2) is 22.3 Å². The molecule has 0 aliphatic heterocycles. The standard InChI is InChI=1S/C21H19N5O2/c1-13-7-6-10-25-18(13)24-19-16(21(25)28)11-15(20(27)23-2)17(22)26(19)12-14-8-4-3-5-9-14/h3-11,22H,12H2,1-2H3,(H,23,27)/p+1. The molecule has 4 rings (SSSR count). The Hall–Kier alpha value is -3.74. The van der Waals surface area contributed by atoms with Gasteiger partial charge >= 0.3 is 0 Å². The Morgan fingerprint density at radius 1 is 1.21 bits per heavy atom. The maximum atomic E-state index is 13.2. The number of carbonyl (C=O) groups is 1. The van der Waals surface area contributed by atoms with Gasteiger partial charge in [-0.15, -0.1) is 0 Å². The quantitative estimate of drug-likeness (QED) is 0.419. The number of benzene rings is 1. The van der Waals surface area contributed by atoms with Crippen LogP contribution >= 0.6 is 0 Å². The molecule has 3 heterocycles. The van der Waals surface area contributed by atoms with Crippen LogP contribution in [0.2, 0.25) is 0 Å². The zero-order valence-corrected chi connectivity index (χ0v) is 15.6. The summed E-state index contributed by atoms with van der Waals surface area (Å²) in [5, 5.41) is 2.92. The van der Waals surface area contributed by atoms with E-state index >= 15 is 0 Å². The number of hydrogen-bond donors (Lipinski definition) is 2. The number of nitrogens with one attached hydrogen (secondary N) is 1. The second-order valence-electron chi connectivity index (χ2n) is 6.63. The van der Waals surface area contributed by atoms with Gasteiger partial charge in [0.05, 0.1) is 6.54 Å². The summed E-state index contributed by atoms with van der Waals surface area (Å²) in [5.74, 6) is -0.0875. The number of pyridine rings is 2. The van der Waals surface area contributed by atoms with Crippen LogP contribution in [0.1, 0.15) is 21.5 Å². The number of aryl methyl sites for hydroxylation is 1. The van der Waals surface area contributed by atoms with Gasteiger partial charge in [-0.3, -0.25) is 14.0 Å². The fourth-order valence-corrected chi connectivity index (χ4v) is 3.35. The first-order valence-electron chi connectivity index (χ1n) is 8.91. The highest BCUT2D eigenvalue weighted by Crippen LogP contribution is 2.16. The van der Waals surface area contributed by atoms with E-state index in [1.165, 1.54) is 17.5 Å². The van der Waals surface area contributed by atoms with Gasteiger partial charge in [0, 0.05) is 18.8 Å². The van der Waals surface area contributed by atoms with Gasteiger partial charge in [-0.25, -0.2) is 4.57 Å². The van der Waals surface area contributed by atoms with Crippen molar-refractivity contribution in [3.8, 4) is 0 Å². The number of nitrogens with zero attached hydrogens (tertiary/aromatic N) is 3. The second kappa shape index (κ2) is 6.77. The normalized spacial score (nSPS) is 11.1. The van der Waals surface area contributed by atoms with Crippen molar-refractivity contribution in [3.05, 3.63) is 81.8 Å². The third-order valence-corrected chi connectivity index (χ3v) is 4.83. The third-order valence-electron chi connectivity index (χ3n) is 4.83. The van der Waals surface area contributed by atoms with Gasteiger partial charge in [-0.05, 0) is 24.6 Å². The smallest absolute Gasteiger partial charge is 0.278 e. The lowest BCUT2D eigenvalue weighted by atomic mass is 10.1. The molecule has 7 heteroatoms. The van der Waals surface area contributed by atoms with Crippen molar-refractivity contribution in [2.45, 2.75) is 13.5 Å². The molecule has 3 N–H and O–H groups in total. The lowest BCUT2D eigenvalue weighted by Crippen LogP contribution is -2.43. The molecule has 1 amide bonds. The summed E-state index contributed by atoms with van der Waals surface area (Å²) in [6, 6.07) is 14.9. The molecule has 0 saturated carbocycles. The minimum atomic E-state index is -0.352. The first kappa shape index (κ1) is 17.7. The van der Waals surface area contributed by atoms with E-state index in [0.717, 1.165) is 11.1 Å².